The number of nitrogens with one attached hydrogen (secondary N) is 1. The highest BCUT2D eigenvalue weighted by Crippen LogP contribution is 2.25. The van der Waals surface area contributed by atoms with Crippen molar-refractivity contribution in [2.75, 3.05) is 37.4 Å². The molecule has 1 aliphatic heterocycles. The summed E-state index contributed by atoms with van der Waals surface area (Å²) >= 11 is 0. The Morgan fingerprint density at radius 1 is 1.50 bits per heavy atom. The van der Waals surface area contributed by atoms with Crippen LogP contribution in [0.4, 0.5) is 11.4 Å². The zero-order valence-electron chi connectivity index (χ0n) is 10.1. The van der Waals surface area contributed by atoms with Gasteiger partial charge in [-0.3, -0.25) is 4.79 Å². The monoisotopic (exact) mass is 249 g/mol. The number of esters is 1. The molecule has 1 aromatic rings. The molecule has 0 aromatic heterocycles. The summed E-state index contributed by atoms with van der Waals surface area (Å²) < 4.78 is 4.66. The summed E-state index contributed by atoms with van der Waals surface area (Å²) in [6.45, 7) is 1.48. The Morgan fingerprint density at radius 3 is 2.94 bits per heavy atom. The van der Waals surface area contributed by atoms with E-state index in [9.17, 15) is 9.59 Å². The molecule has 0 radical (unpaired) electrons. The first-order valence-electron chi connectivity index (χ1n) is 5.61. The lowest BCUT2D eigenvalue weighted by atomic mass is 10.1. The van der Waals surface area contributed by atoms with Crippen LogP contribution in [0, 0.1) is 0 Å². The van der Waals surface area contributed by atoms with E-state index in [1.165, 1.54) is 7.11 Å². The Bertz CT molecular complexity index is 487. The smallest absolute Gasteiger partial charge is 0.337 e. The van der Waals surface area contributed by atoms with E-state index in [-0.39, 0.29) is 12.5 Å². The van der Waals surface area contributed by atoms with E-state index in [4.69, 9.17) is 5.73 Å². The minimum absolute atomic E-state index is 0.0517. The number of ether oxygens (including phenoxy) is 1. The molecule has 96 valence electrons. The maximum Gasteiger partial charge on any atom is 0.337 e. The van der Waals surface area contributed by atoms with Gasteiger partial charge in [0, 0.05) is 13.1 Å². The summed E-state index contributed by atoms with van der Waals surface area (Å²) in [5.74, 6) is -0.471. The molecule has 1 fully saturated rings. The van der Waals surface area contributed by atoms with E-state index in [0.29, 0.717) is 30.0 Å². The van der Waals surface area contributed by atoms with Crippen molar-refractivity contribution in [3.63, 3.8) is 0 Å². The first kappa shape index (κ1) is 12.2. The molecule has 6 nitrogen and oxygen atoms in total. The highest BCUT2D eigenvalue weighted by Gasteiger charge is 2.19. The largest absolute Gasteiger partial charge is 0.465 e. The fourth-order valence-corrected chi connectivity index (χ4v) is 1.91. The number of piperazine rings is 1. The Morgan fingerprint density at radius 2 is 2.28 bits per heavy atom. The molecule has 1 amide bonds. The van der Waals surface area contributed by atoms with Gasteiger partial charge in [0.2, 0.25) is 5.91 Å². The van der Waals surface area contributed by atoms with E-state index >= 15 is 0 Å². The molecule has 1 aliphatic rings. The fraction of sp³-hybridized carbons (Fsp3) is 0.333. The van der Waals surface area contributed by atoms with Gasteiger partial charge in [-0.05, 0) is 18.2 Å². The number of rotatable bonds is 2. The maximum absolute atomic E-state index is 11.5. The molecule has 0 saturated carbocycles. The van der Waals surface area contributed by atoms with Gasteiger partial charge in [0.05, 0.1) is 30.6 Å². The van der Waals surface area contributed by atoms with Gasteiger partial charge in [-0.1, -0.05) is 0 Å². The van der Waals surface area contributed by atoms with E-state index in [2.05, 4.69) is 10.1 Å². The molecular weight excluding hydrogens is 234 g/mol. The molecule has 0 spiro atoms. The van der Waals surface area contributed by atoms with Crippen LogP contribution in [0.2, 0.25) is 0 Å². The number of carbonyl (C=O) groups is 2. The van der Waals surface area contributed by atoms with Crippen LogP contribution < -0.4 is 16.0 Å². The van der Waals surface area contributed by atoms with Gasteiger partial charge in [-0.15, -0.1) is 0 Å². The lowest BCUT2D eigenvalue weighted by Crippen LogP contribution is -2.47. The van der Waals surface area contributed by atoms with Crippen LogP contribution in [0.5, 0.6) is 0 Å². The molecule has 0 unspecified atom stereocenters. The van der Waals surface area contributed by atoms with Crippen molar-refractivity contribution in [1.29, 1.82) is 0 Å². The number of nitrogens with zero attached hydrogens (tertiary/aromatic N) is 1. The number of hydrogen-bond donors (Lipinski definition) is 2. The average molecular weight is 249 g/mol. The van der Waals surface area contributed by atoms with E-state index in [1.54, 1.807) is 18.2 Å². The van der Waals surface area contributed by atoms with Gasteiger partial charge < -0.3 is 20.7 Å². The first-order valence-corrected chi connectivity index (χ1v) is 5.61. The number of anilines is 2. The van der Waals surface area contributed by atoms with Crippen LogP contribution in [0.25, 0.3) is 0 Å². The van der Waals surface area contributed by atoms with Crippen molar-refractivity contribution >= 4 is 23.3 Å². The maximum atomic E-state index is 11.5. The van der Waals surface area contributed by atoms with E-state index in [0.717, 1.165) is 0 Å². The van der Waals surface area contributed by atoms with Crippen molar-refractivity contribution in [1.82, 2.24) is 5.32 Å². The molecule has 1 heterocycles. The van der Waals surface area contributed by atoms with Gasteiger partial charge in [0.25, 0.3) is 0 Å². The van der Waals surface area contributed by atoms with Gasteiger partial charge in [0.1, 0.15) is 0 Å². The number of nitrogen functional groups attached to an aromatic ring is 1. The van der Waals surface area contributed by atoms with Crippen LogP contribution in [-0.4, -0.2) is 38.6 Å². The fourth-order valence-electron chi connectivity index (χ4n) is 1.91. The standard InChI is InChI=1S/C12H15N3O3/c1-18-12(17)8-2-3-9(13)10(6-8)15-5-4-14-11(16)7-15/h2-3,6H,4-5,7,13H2,1H3,(H,14,16). The average Bonchev–Trinajstić information content (AvgIpc) is 2.38. The van der Waals surface area contributed by atoms with Crippen LogP contribution >= 0.6 is 0 Å². The second-order valence-electron chi connectivity index (χ2n) is 4.04. The third-order valence-electron chi connectivity index (χ3n) is 2.83. The van der Waals surface area contributed by atoms with Crippen molar-refractivity contribution in [2.45, 2.75) is 0 Å². The van der Waals surface area contributed by atoms with Gasteiger partial charge in [-0.2, -0.15) is 0 Å². The molecule has 0 atom stereocenters. The summed E-state index contributed by atoms with van der Waals surface area (Å²) in [6, 6.07) is 4.91. The predicted octanol–water partition coefficient (Wildman–Crippen LogP) is -0.00840. The Labute approximate surface area is 105 Å². The Hall–Kier alpha value is -2.24. The van der Waals surface area contributed by atoms with E-state index < -0.39 is 5.97 Å². The minimum Gasteiger partial charge on any atom is -0.465 e. The number of carbonyl (C=O) groups excluding carboxylic acids is 2. The molecule has 1 saturated heterocycles. The van der Waals surface area contributed by atoms with E-state index in [1.807, 2.05) is 4.90 Å². The zero-order chi connectivity index (χ0) is 13.1. The normalized spacial score (nSPS) is 15.2. The minimum atomic E-state index is -0.419. The topological polar surface area (TPSA) is 84.7 Å². The van der Waals surface area contributed by atoms with Gasteiger partial charge in [-0.25, -0.2) is 4.79 Å². The highest BCUT2D eigenvalue weighted by molar-refractivity contribution is 5.93. The zero-order valence-corrected chi connectivity index (χ0v) is 10.1. The van der Waals surface area contributed by atoms with Gasteiger partial charge in [0.15, 0.2) is 0 Å². The molecular formula is C12H15N3O3. The lowest BCUT2D eigenvalue weighted by Gasteiger charge is -2.29. The third kappa shape index (κ3) is 2.37. The van der Waals surface area contributed by atoms with Gasteiger partial charge >= 0.3 is 5.97 Å². The summed E-state index contributed by atoms with van der Waals surface area (Å²) in [6.07, 6.45) is 0. The molecule has 0 aliphatic carbocycles. The highest BCUT2D eigenvalue weighted by atomic mass is 16.5. The Balaban J connectivity index is 2.31. The van der Waals surface area contributed by atoms with Crippen molar-refractivity contribution in [2.24, 2.45) is 0 Å². The number of hydrogen-bond acceptors (Lipinski definition) is 5. The molecule has 1 aromatic carbocycles. The second kappa shape index (κ2) is 4.95. The van der Waals surface area contributed by atoms with Crippen molar-refractivity contribution in [3.05, 3.63) is 23.8 Å². The lowest BCUT2D eigenvalue weighted by molar-refractivity contribution is -0.120. The second-order valence-corrected chi connectivity index (χ2v) is 4.04. The first-order chi connectivity index (χ1) is 8.61. The summed E-state index contributed by atoms with van der Waals surface area (Å²) in [5, 5.41) is 2.74. The third-order valence-corrected chi connectivity index (χ3v) is 2.83. The van der Waals surface area contributed by atoms with Crippen LogP contribution in [0.1, 0.15) is 10.4 Å². The molecule has 0 bridgehead atoms. The number of methoxy groups -OCH3 is 1. The SMILES string of the molecule is COC(=O)c1ccc(N)c(N2CCNC(=O)C2)c1. The molecule has 2 rings (SSSR count). The van der Waals surface area contributed by atoms with Crippen molar-refractivity contribution in [3.8, 4) is 0 Å². The summed E-state index contributed by atoms with van der Waals surface area (Å²) in [7, 11) is 1.33. The molecule has 6 heteroatoms. The van der Waals surface area contributed by atoms with Crippen LogP contribution in [-0.2, 0) is 9.53 Å². The predicted molar refractivity (Wildman–Crippen MR) is 67.4 cm³/mol. The summed E-state index contributed by atoms with van der Waals surface area (Å²) in [4.78, 5) is 24.7. The Kier molecular flexibility index (Phi) is 3.36. The number of benzene rings is 1. The number of nitrogens with two attached hydrogens (primary N) is 1. The molecule has 3 N–H and O–H groups in total. The van der Waals surface area contributed by atoms with Crippen molar-refractivity contribution < 1.29 is 14.3 Å². The van der Waals surface area contributed by atoms with Crippen LogP contribution in [0.3, 0.4) is 0 Å². The molecule has 18 heavy (non-hydrogen) atoms. The number of amides is 1. The summed E-state index contributed by atoms with van der Waals surface area (Å²) in [5.41, 5.74) is 7.53. The van der Waals surface area contributed by atoms with Crippen LogP contribution in [0.15, 0.2) is 18.2 Å². The quantitative estimate of drug-likeness (QED) is 0.569.